The van der Waals surface area contributed by atoms with Crippen LogP contribution in [-0.2, 0) is 21.9 Å². The van der Waals surface area contributed by atoms with E-state index in [0.717, 1.165) is 27.5 Å². The summed E-state index contributed by atoms with van der Waals surface area (Å²) in [5.41, 5.74) is 3.98. The van der Waals surface area contributed by atoms with Gasteiger partial charge in [0.1, 0.15) is 23.9 Å². The topological polar surface area (TPSA) is 113 Å². The number of aromatic hydroxyl groups is 1. The van der Waals surface area contributed by atoms with E-state index in [2.05, 4.69) is 34.5 Å². The van der Waals surface area contributed by atoms with Gasteiger partial charge in [0.2, 0.25) is 5.13 Å². The number of Topliss-reactive ketones (excluding diaryl/α,β-unsaturated/α-hetero) is 1. The van der Waals surface area contributed by atoms with Crippen LogP contribution in [0.1, 0.15) is 33.9 Å². The lowest BCUT2D eigenvalue weighted by Crippen LogP contribution is -2.29. The summed E-state index contributed by atoms with van der Waals surface area (Å²) in [5.74, 6) is -0.871. The normalized spacial score (nSPS) is 15.7. The van der Waals surface area contributed by atoms with Crippen molar-refractivity contribution in [3.63, 3.8) is 0 Å². The average molecular weight is 672 g/mol. The van der Waals surface area contributed by atoms with E-state index in [0.29, 0.717) is 33.6 Å². The zero-order valence-electron chi connectivity index (χ0n) is 25.7. The molecule has 10 heteroatoms. The molecule has 5 aromatic carbocycles. The van der Waals surface area contributed by atoms with Crippen molar-refractivity contribution in [3.05, 3.63) is 149 Å². The fourth-order valence-corrected chi connectivity index (χ4v) is 7.63. The molecule has 0 bridgehead atoms. The molecule has 1 fully saturated rings. The van der Waals surface area contributed by atoms with Gasteiger partial charge in [-0.15, -0.1) is 10.2 Å². The Kier molecular flexibility index (Phi) is 8.66. The molecular formula is C38H29N3O5S2. The molecule has 0 saturated carbocycles. The minimum atomic E-state index is -1.04. The molecule has 0 aliphatic carbocycles. The quantitative estimate of drug-likeness (QED) is 0.0520. The number of carbonyl (C=O) groups excluding carboxylic acids is 2. The van der Waals surface area contributed by atoms with Crippen molar-refractivity contribution in [2.45, 2.75) is 29.7 Å². The number of benzene rings is 5. The molecule has 1 saturated heterocycles. The lowest BCUT2D eigenvalue weighted by molar-refractivity contribution is -0.132. The molecule has 8 nitrogen and oxygen atoms in total. The number of ether oxygens (including phenoxy) is 1. The Labute approximate surface area is 285 Å². The summed E-state index contributed by atoms with van der Waals surface area (Å²) in [6.45, 7) is 2.40. The van der Waals surface area contributed by atoms with E-state index in [1.807, 2.05) is 49.4 Å². The smallest absolute Gasteiger partial charge is 0.301 e. The Morgan fingerprint density at radius 1 is 0.875 bits per heavy atom. The highest BCUT2D eigenvalue weighted by Gasteiger charge is 2.48. The molecule has 1 aliphatic heterocycles. The first-order valence-electron chi connectivity index (χ1n) is 15.2. The second kappa shape index (κ2) is 13.3. The molecule has 1 unspecified atom stereocenters. The van der Waals surface area contributed by atoms with Crippen molar-refractivity contribution >= 4 is 56.5 Å². The van der Waals surface area contributed by atoms with E-state index in [1.54, 1.807) is 36.4 Å². The van der Waals surface area contributed by atoms with E-state index < -0.39 is 17.7 Å². The van der Waals surface area contributed by atoms with Gasteiger partial charge in [-0.05, 0) is 76.3 Å². The fourth-order valence-electron chi connectivity index (χ4n) is 5.75. The summed E-state index contributed by atoms with van der Waals surface area (Å²) >= 11 is 2.68. The average Bonchev–Trinajstić information content (AvgIpc) is 3.68. The highest BCUT2D eigenvalue weighted by Crippen LogP contribution is 2.44. The molecule has 6 aromatic rings. The van der Waals surface area contributed by atoms with Gasteiger partial charge in [0.05, 0.1) is 11.6 Å². The first-order chi connectivity index (χ1) is 23.4. The van der Waals surface area contributed by atoms with E-state index in [-0.39, 0.29) is 22.2 Å². The summed E-state index contributed by atoms with van der Waals surface area (Å²) in [6, 6.07) is 34.2. The zero-order chi connectivity index (χ0) is 33.2. The molecule has 48 heavy (non-hydrogen) atoms. The van der Waals surface area contributed by atoms with Crippen molar-refractivity contribution in [1.82, 2.24) is 10.2 Å². The van der Waals surface area contributed by atoms with Crippen LogP contribution >= 0.6 is 23.1 Å². The number of nitrogens with zero attached hydrogens (tertiary/aromatic N) is 3. The number of fused-ring (bicyclic) bond motifs is 1. The third kappa shape index (κ3) is 6.15. The number of phenols is 1. The highest BCUT2D eigenvalue weighted by atomic mass is 32.2. The largest absolute Gasteiger partial charge is 0.508 e. The number of thioether (sulfide) groups is 1. The number of aryl methyl sites for hydroxylation is 1. The molecule has 7 rings (SSSR count). The summed E-state index contributed by atoms with van der Waals surface area (Å²) in [4.78, 5) is 28.5. The Morgan fingerprint density at radius 3 is 2.42 bits per heavy atom. The molecule has 0 spiro atoms. The van der Waals surface area contributed by atoms with Gasteiger partial charge in [-0.1, -0.05) is 102 Å². The SMILES string of the molecule is Cc1ccccc1COc1ccc(C(O)=C2C(=O)C(=O)N(c3nnc(SCc4cccc5ccccc45)s3)C2c2cccc(O)c2)cc1. The second-order valence-electron chi connectivity index (χ2n) is 11.3. The van der Waals surface area contributed by atoms with Gasteiger partial charge in [0, 0.05) is 11.3 Å². The van der Waals surface area contributed by atoms with Crippen molar-refractivity contribution in [2.75, 3.05) is 4.90 Å². The number of amides is 1. The zero-order valence-corrected chi connectivity index (χ0v) is 27.4. The lowest BCUT2D eigenvalue weighted by Gasteiger charge is -2.22. The van der Waals surface area contributed by atoms with Crippen LogP contribution in [0.4, 0.5) is 5.13 Å². The Hall–Kier alpha value is -5.45. The maximum atomic E-state index is 13.6. The third-order valence-corrected chi connectivity index (χ3v) is 10.4. The van der Waals surface area contributed by atoms with Crippen LogP contribution in [-0.4, -0.2) is 32.1 Å². The van der Waals surface area contributed by atoms with E-state index in [1.165, 1.54) is 40.1 Å². The number of rotatable bonds is 9. The molecule has 0 radical (unpaired) electrons. The van der Waals surface area contributed by atoms with Gasteiger partial charge in [-0.2, -0.15) is 0 Å². The first kappa shape index (κ1) is 31.2. The van der Waals surface area contributed by atoms with Gasteiger partial charge in [0.25, 0.3) is 5.78 Å². The van der Waals surface area contributed by atoms with E-state index in [9.17, 15) is 19.8 Å². The third-order valence-electron chi connectivity index (χ3n) is 8.25. The number of ketones is 1. The standard InChI is InChI=1S/C38H29N3O5S2/c1-23-8-2-3-10-27(23)21-46-30-18-16-25(17-19-30)34(43)32-33(26-12-7-14-29(42)20-26)41(36(45)35(32)44)37-39-40-38(48-37)47-22-28-13-6-11-24-9-4-5-15-31(24)28/h2-20,33,42-43H,21-22H2,1H3. The molecular weight excluding hydrogens is 643 g/mol. The minimum absolute atomic E-state index is 0.0446. The molecule has 1 aliphatic rings. The van der Waals surface area contributed by atoms with Crippen molar-refractivity contribution < 1.29 is 24.5 Å². The molecule has 2 N–H and O–H groups in total. The van der Waals surface area contributed by atoms with Crippen LogP contribution in [0.3, 0.4) is 0 Å². The maximum Gasteiger partial charge on any atom is 0.301 e. The van der Waals surface area contributed by atoms with E-state index in [4.69, 9.17) is 4.74 Å². The summed E-state index contributed by atoms with van der Waals surface area (Å²) < 4.78 is 6.57. The predicted molar refractivity (Wildman–Crippen MR) is 188 cm³/mol. The van der Waals surface area contributed by atoms with Gasteiger partial charge < -0.3 is 14.9 Å². The van der Waals surface area contributed by atoms with Crippen LogP contribution in [0.2, 0.25) is 0 Å². The number of aliphatic hydroxyl groups excluding tert-OH is 1. The second-order valence-corrected chi connectivity index (χ2v) is 13.5. The fraction of sp³-hybridized carbons (Fsp3) is 0.105. The number of anilines is 1. The Bertz CT molecular complexity index is 2190. The van der Waals surface area contributed by atoms with Gasteiger partial charge in [-0.25, -0.2) is 0 Å². The van der Waals surface area contributed by atoms with Gasteiger partial charge in [0.15, 0.2) is 4.34 Å². The number of aliphatic hydroxyl groups is 1. The molecule has 1 atom stereocenters. The number of aromatic nitrogens is 2. The molecule has 2 heterocycles. The van der Waals surface area contributed by atoms with Crippen LogP contribution in [0, 0.1) is 6.92 Å². The van der Waals surface area contributed by atoms with Crippen LogP contribution in [0.25, 0.3) is 16.5 Å². The van der Waals surface area contributed by atoms with E-state index >= 15 is 0 Å². The minimum Gasteiger partial charge on any atom is -0.508 e. The van der Waals surface area contributed by atoms with Crippen molar-refractivity contribution in [3.8, 4) is 11.5 Å². The van der Waals surface area contributed by atoms with Crippen molar-refractivity contribution in [1.29, 1.82) is 0 Å². The summed E-state index contributed by atoms with van der Waals surface area (Å²) in [5, 5.41) is 33.0. The monoisotopic (exact) mass is 671 g/mol. The van der Waals surface area contributed by atoms with Crippen LogP contribution in [0.15, 0.2) is 125 Å². The number of hydrogen-bond donors (Lipinski definition) is 2. The molecule has 238 valence electrons. The maximum absolute atomic E-state index is 13.6. The van der Waals surface area contributed by atoms with Crippen LogP contribution < -0.4 is 9.64 Å². The first-order valence-corrected chi connectivity index (χ1v) is 17.0. The summed E-state index contributed by atoms with van der Waals surface area (Å²) in [7, 11) is 0. The summed E-state index contributed by atoms with van der Waals surface area (Å²) in [6.07, 6.45) is 0. The van der Waals surface area contributed by atoms with Crippen LogP contribution in [0.5, 0.6) is 11.5 Å². The van der Waals surface area contributed by atoms with Gasteiger partial charge in [-0.3, -0.25) is 14.5 Å². The van der Waals surface area contributed by atoms with Gasteiger partial charge >= 0.3 is 5.91 Å². The number of phenolic OH excluding ortho intramolecular Hbond substituents is 1. The number of hydrogen-bond acceptors (Lipinski definition) is 9. The molecule has 1 aromatic heterocycles. The lowest BCUT2D eigenvalue weighted by atomic mass is 9.95. The number of carbonyl (C=O) groups is 2. The van der Waals surface area contributed by atoms with Crippen molar-refractivity contribution in [2.24, 2.45) is 0 Å². The Balaban J connectivity index is 1.18. The Morgan fingerprint density at radius 2 is 1.60 bits per heavy atom. The molecule has 1 amide bonds. The predicted octanol–water partition coefficient (Wildman–Crippen LogP) is 8.20. The highest BCUT2D eigenvalue weighted by molar-refractivity contribution is 8.00.